The molecule has 1 aromatic carbocycles. The van der Waals surface area contributed by atoms with E-state index in [1.165, 1.54) is 0 Å². The highest BCUT2D eigenvalue weighted by molar-refractivity contribution is 6.68. The summed E-state index contributed by atoms with van der Waals surface area (Å²) in [5.41, 5.74) is -0.807. The summed E-state index contributed by atoms with van der Waals surface area (Å²) in [6.45, 7) is 18.7. The second-order valence-corrected chi connectivity index (χ2v) is 10.4. The average Bonchev–Trinajstić information content (AvgIpc) is 2.93. The molecule has 29 heavy (non-hydrogen) atoms. The zero-order valence-corrected chi connectivity index (χ0v) is 19.7. The fourth-order valence-electron chi connectivity index (χ4n) is 3.94. The Morgan fingerprint density at radius 1 is 0.724 bits per heavy atom. The van der Waals surface area contributed by atoms with Gasteiger partial charge in [-0.15, -0.1) is 0 Å². The maximum absolute atomic E-state index is 6.47. The van der Waals surface area contributed by atoms with Crippen LogP contribution in [0.15, 0.2) is 24.3 Å². The van der Waals surface area contributed by atoms with Crippen molar-refractivity contribution >= 4 is 14.2 Å². The summed E-state index contributed by atoms with van der Waals surface area (Å²) >= 11 is 0. The maximum Gasteiger partial charge on any atom is 0.459 e. The van der Waals surface area contributed by atoms with Gasteiger partial charge in [0.05, 0.1) is 29.5 Å². The van der Waals surface area contributed by atoms with E-state index in [9.17, 15) is 0 Å². The van der Waals surface area contributed by atoms with E-state index < -0.39 is 36.6 Å². The van der Waals surface area contributed by atoms with E-state index in [-0.39, 0.29) is 11.6 Å². The molecule has 2 heterocycles. The third-order valence-corrected chi connectivity index (χ3v) is 7.38. The molecule has 0 aromatic heterocycles. The van der Waals surface area contributed by atoms with Gasteiger partial charge in [0.15, 0.2) is 0 Å². The molecule has 1 unspecified atom stereocenters. The van der Waals surface area contributed by atoms with Gasteiger partial charge in [0.25, 0.3) is 0 Å². The molecule has 7 heteroatoms. The van der Waals surface area contributed by atoms with Gasteiger partial charge in [0.2, 0.25) is 0 Å². The highest BCUT2D eigenvalue weighted by Gasteiger charge is 2.63. The van der Waals surface area contributed by atoms with Crippen molar-refractivity contribution in [3.63, 3.8) is 0 Å². The van der Waals surface area contributed by atoms with Gasteiger partial charge in [0.1, 0.15) is 5.75 Å². The molecule has 2 fully saturated rings. The highest BCUT2D eigenvalue weighted by Crippen LogP contribution is 2.50. The molecule has 1 aromatic rings. The van der Waals surface area contributed by atoms with E-state index >= 15 is 0 Å². The molecule has 2 saturated heterocycles. The normalized spacial score (nSPS) is 25.5. The van der Waals surface area contributed by atoms with E-state index in [0.717, 1.165) is 11.3 Å². The number of rotatable bonds is 5. The fraction of sp³-hybridized carbons (Fsp3) is 0.727. The first-order valence-corrected chi connectivity index (χ1v) is 10.6. The van der Waals surface area contributed by atoms with Crippen LogP contribution in [0.25, 0.3) is 0 Å². The van der Waals surface area contributed by atoms with Crippen molar-refractivity contribution in [2.45, 2.75) is 96.4 Å². The minimum absolute atomic E-state index is 0.0237. The van der Waals surface area contributed by atoms with E-state index in [4.69, 9.17) is 23.4 Å². The van der Waals surface area contributed by atoms with Crippen molar-refractivity contribution in [1.29, 1.82) is 0 Å². The van der Waals surface area contributed by atoms with E-state index in [2.05, 4.69) is 68.4 Å². The third kappa shape index (κ3) is 3.87. The van der Waals surface area contributed by atoms with Gasteiger partial charge >= 0.3 is 14.2 Å². The van der Waals surface area contributed by atoms with Gasteiger partial charge in [-0.3, -0.25) is 0 Å². The van der Waals surface area contributed by atoms with Gasteiger partial charge < -0.3 is 23.4 Å². The molecule has 0 spiro atoms. The Morgan fingerprint density at radius 3 is 1.48 bits per heavy atom. The SMILES string of the molecule is COc1ccccc1C(C)C(B1OC(C)(C)C(C)(C)O1)B1OC(C)(C)C(C)(C)O1. The first-order chi connectivity index (χ1) is 13.2. The minimum atomic E-state index is -0.463. The lowest BCUT2D eigenvalue weighted by molar-refractivity contribution is 0.00578. The predicted octanol–water partition coefficient (Wildman–Crippen LogP) is 4.89. The second-order valence-electron chi connectivity index (χ2n) is 10.4. The number of ether oxygens (including phenoxy) is 1. The average molecular weight is 402 g/mol. The number of hydrogen-bond acceptors (Lipinski definition) is 5. The zero-order chi connectivity index (χ0) is 21.8. The molecule has 2 aliphatic rings. The Hall–Kier alpha value is -1.01. The van der Waals surface area contributed by atoms with Crippen LogP contribution in [0.3, 0.4) is 0 Å². The fourth-order valence-corrected chi connectivity index (χ4v) is 3.94. The molecule has 3 rings (SSSR count). The van der Waals surface area contributed by atoms with Crippen LogP contribution < -0.4 is 4.74 Å². The molecule has 0 N–H and O–H groups in total. The van der Waals surface area contributed by atoms with Gasteiger partial charge in [-0.05, 0) is 72.9 Å². The van der Waals surface area contributed by atoms with Crippen molar-refractivity contribution < 1.29 is 23.4 Å². The molecule has 160 valence electrons. The molecule has 0 saturated carbocycles. The molecule has 1 atom stereocenters. The van der Waals surface area contributed by atoms with Crippen LogP contribution in [0.5, 0.6) is 5.75 Å². The van der Waals surface area contributed by atoms with Crippen LogP contribution >= 0.6 is 0 Å². The second kappa shape index (κ2) is 7.30. The number of methoxy groups -OCH3 is 1. The highest BCUT2D eigenvalue weighted by atomic mass is 16.7. The third-order valence-electron chi connectivity index (χ3n) is 7.38. The van der Waals surface area contributed by atoms with E-state index in [0.29, 0.717) is 0 Å². The van der Waals surface area contributed by atoms with Gasteiger partial charge in [0, 0.05) is 5.72 Å². The van der Waals surface area contributed by atoms with Gasteiger partial charge in [-0.2, -0.15) is 0 Å². The standard InChI is InChI=1S/C22H36B2O5/c1-15(16-13-11-12-14-17(16)25-10)18(23-26-19(2,3)20(4,5)27-23)24-28-21(6,7)22(8,9)29-24/h11-15,18H,1-10H3. The molecule has 0 radical (unpaired) electrons. The summed E-state index contributed by atoms with van der Waals surface area (Å²) in [5.74, 6) is 0.869. The van der Waals surface area contributed by atoms with Crippen LogP contribution in [0, 0.1) is 0 Å². The summed E-state index contributed by atoms with van der Waals surface area (Å²) in [6.07, 6.45) is 0. The van der Waals surface area contributed by atoms with Gasteiger partial charge in [-0.1, -0.05) is 25.1 Å². The molecule has 0 bridgehead atoms. The first kappa shape index (κ1) is 22.7. The van der Waals surface area contributed by atoms with Crippen molar-refractivity contribution in [3.8, 4) is 5.75 Å². The quantitative estimate of drug-likeness (QED) is 0.657. The largest absolute Gasteiger partial charge is 0.496 e. The van der Waals surface area contributed by atoms with Crippen LogP contribution in [-0.2, 0) is 18.6 Å². The summed E-state index contributed by atoms with van der Waals surface area (Å²) < 4.78 is 31.5. The number of hydrogen-bond donors (Lipinski definition) is 0. The molecular formula is C22H36B2O5. The van der Waals surface area contributed by atoms with Gasteiger partial charge in [-0.25, -0.2) is 0 Å². The van der Waals surface area contributed by atoms with Crippen molar-refractivity contribution in [3.05, 3.63) is 29.8 Å². The van der Waals surface area contributed by atoms with Crippen molar-refractivity contribution in [2.24, 2.45) is 0 Å². The van der Waals surface area contributed by atoms with Crippen LogP contribution in [0.2, 0.25) is 5.72 Å². The van der Waals surface area contributed by atoms with Crippen LogP contribution in [0.4, 0.5) is 0 Å². The van der Waals surface area contributed by atoms with Crippen LogP contribution in [0.1, 0.15) is 73.8 Å². The summed E-state index contributed by atoms with van der Waals surface area (Å²) in [6, 6.07) is 8.08. The molecule has 0 amide bonds. The summed E-state index contributed by atoms with van der Waals surface area (Å²) in [7, 11) is 0.772. The maximum atomic E-state index is 6.47. The number of benzene rings is 1. The lowest BCUT2D eigenvalue weighted by atomic mass is 9.46. The lowest BCUT2D eigenvalue weighted by Gasteiger charge is -2.32. The van der Waals surface area contributed by atoms with E-state index in [1.807, 2.05) is 18.2 Å². The Morgan fingerprint density at radius 2 is 1.10 bits per heavy atom. The molecule has 2 aliphatic heterocycles. The predicted molar refractivity (Wildman–Crippen MR) is 117 cm³/mol. The van der Waals surface area contributed by atoms with Crippen LogP contribution in [-0.4, -0.2) is 43.8 Å². The summed E-state index contributed by atoms with van der Waals surface area (Å²) in [4.78, 5) is 0. The first-order valence-electron chi connectivity index (χ1n) is 10.6. The Bertz CT molecular complexity index is 678. The minimum Gasteiger partial charge on any atom is -0.496 e. The zero-order valence-electron chi connectivity index (χ0n) is 19.7. The smallest absolute Gasteiger partial charge is 0.459 e. The summed E-state index contributed by atoms with van der Waals surface area (Å²) in [5, 5.41) is 0. The molecule has 5 nitrogen and oxygen atoms in total. The monoisotopic (exact) mass is 402 g/mol. The Balaban J connectivity index is 2.01. The molecular weight excluding hydrogens is 366 g/mol. The van der Waals surface area contributed by atoms with E-state index in [1.54, 1.807) is 7.11 Å². The lowest BCUT2D eigenvalue weighted by Crippen LogP contribution is -2.41. The Labute approximate surface area is 177 Å². The molecule has 0 aliphatic carbocycles. The van der Waals surface area contributed by atoms with Crippen molar-refractivity contribution in [1.82, 2.24) is 0 Å². The Kier molecular flexibility index (Phi) is 5.70. The van der Waals surface area contributed by atoms with Crippen molar-refractivity contribution in [2.75, 3.05) is 7.11 Å². The topological polar surface area (TPSA) is 46.2 Å². The number of para-hydroxylation sites is 1.